The van der Waals surface area contributed by atoms with Crippen molar-refractivity contribution in [2.45, 2.75) is 26.4 Å². The summed E-state index contributed by atoms with van der Waals surface area (Å²) in [5, 5.41) is 9.06. The van der Waals surface area contributed by atoms with Gasteiger partial charge in [0.05, 0.1) is 12.3 Å². The zero-order valence-corrected chi connectivity index (χ0v) is 11.2. The lowest BCUT2D eigenvalue weighted by Gasteiger charge is -2.32. The first-order chi connectivity index (χ1) is 7.70. The molecule has 88 valence electrons. The number of nitrogens with zero attached hydrogens (tertiary/aromatic N) is 1. The predicted octanol–water partition coefficient (Wildman–Crippen LogP) is 3.18. The summed E-state index contributed by atoms with van der Waals surface area (Å²) in [6.07, 6.45) is 2.54. The van der Waals surface area contributed by atoms with E-state index in [1.807, 2.05) is 12.1 Å². The zero-order chi connectivity index (χ0) is 11.5. The molecule has 0 unspecified atom stereocenters. The number of aliphatic hydroxyl groups excluding tert-OH is 1. The first-order valence-electron chi connectivity index (χ1n) is 5.85. The van der Waals surface area contributed by atoms with Gasteiger partial charge < -0.3 is 10.0 Å². The fraction of sp³-hybridized carbons (Fsp3) is 0.538. The molecule has 1 fully saturated rings. The van der Waals surface area contributed by atoms with Crippen LogP contribution in [0.4, 0.5) is 5.69 Å². The summed E-state index contributed by atoms with van der Waals surface area (Å²) in [6, 6.07) is 6.11. The van der Waals surface area contributed by atoms with Crippen molar-refractivity contribution in [2.75, 3.05) is 18.0 Å². The maximum Gasteiger partial charge on any atom is 0.0682 e. The van der Waals surface area contributed by atoms with Crippen LogP contribution in [0.3, 0.4) is 0 Å². The molecule has 0 bridgehead atoms. The van der Waals surface area contributed by atoms with E-state index >= 15 is 0 Å². The van der Waals surface area contributed by atoms with Crippen LogP contribution >= 0.6 is 15.9 Å². The smallest absolute Gasteiger partial charge is 0.0682 e. The molecule has 0 atom stereocenters. The molecule has 1 aliphatic heterocycles. The number of rotatable bonds is 2. The summed E-state index contributed by atoms with van der Waals surface area (Å²) in [5.41, 5.74) is 2.21. The normalized spacial score (nSPS) is 17.8. The highest BCUT2D eigenvalue weighted by molar-refractivity contribution is 9.10. The Morgan fingerprint density at radius 2 is 2.06 bits per heavy atom. The second kappa shape index (κ2) is 5.19. The highest BCUT2D eigenvalue weighted by atomic mass is 79.9. The van der Waals surface area contributed by atoms with Gasteiger partial charge in [0.15, 0.2) is 0 Å². The van der Waals surface area contributed by atoms with Gasteiger partial charge in [-0.25, -0.2) is 0 Å². The van der Waals surface area contributed by atoms with Crippen LogP contribution in [0, 0.1) is 5.92 Å². The Labute approximate surface area is 105 Å². The second-order valence-corrected chi connectivity index (χ2v) is 5.47. The maximum absolute atomic E-state index is 9.06. The molecule has 1 N–H and O–H groups in total. The van der Waals surface area contributed by atoms with Gasteiger partial charge in [0, 0.05) is 17.6 Å². The average Bonchev–Trinajstić information content (AvgIpc) is 2.30. The molecule has 0 saturated carbocycles. The van der Waals surface area contributed by atoms with E-state index in [9.17, 15) is 0 Å². The zero-order valence-electron chi connectivity index (χ0n) is 9.62. The Hall–Kier alpha value is -0.540. The molecule has 1 heterocycles. The van der Waals surface area contributed by atoms with Crippen LogP contribution in [0.2, 0.25) is 0 Å². The molecule has 1 saturated heterocycles. The van der Waals surface area contributed by atoms with Gasteiger partial charge in [0.2, 0.25) is 0 Å². The van der Waals surface area contributed by atoms with Gasteiger partial charge in [0.25, 0.3) is 0 Å². The summed E-state index contributed by atoms with van der Waals surface area (Å²) < 4.78 is 1.09. The third-order valence-electron chi connectivity index (χ3n) is 3.32. The SMILES string of the molecule is CC1CCN(c2ccc(CO)cc2Br)CC1. The Morgan fingerprint density at radius 3 is 2.62 bits per heavy atom. The molecule has 0 aliphatic carbocycles. The molecule has 2 rings (SSSR count). The topological polar surface area (TPSA) is 23.5 Å². The van der Waals surface area contributed by atoms with Gasteiger partial charge in [-0.3, -0.25) is 0 Å². The number of hydrogen-bond acceptors (Lipinski definition) is 2. The van der Waals surface area contributed by atoms with Gasteiger partial charge in [0.1, 0.15) is 0 Å². The molecule has 0 aromatic heterocycles. The van der Waals surface area contributed by atoms with Gasteiger partial charge in [-0.1, -0.05) is 13.0 Å². The average molecular weight is 284 g/mol. The van der Waals surface area contributed by atoms with Crippen LogP contribution in [-0.2, 0) is 6.61 Å². The standard InChI is InChI=1S/C13H18BrNO/c1-10-4-6-15(7-5-10)13-3-2-11(9-16)8-12(13)14/h2-3,8,10,16H,4-7,9H2,1H3. The van der Waals surface area contributed by atoms with E-state index in [0.717, 1.165) is 29.0 Å². The van der Waals surface area contributed by atoms with E-state index in [1.165, 1.54) is 18.5 Å². The van der Waals surface area contributed by atoms with Gasteiger partial charge >= 0.3 is 0 Å². The number of aliphatic hydroxyl groups is 1. The van der Waals surface area contributed by atoms with Crippen molar-refractivity contribution >= 4 is 21.6 Å². The van der Waals surface area contributed by atoms with E-state index in [-0.39, 0.29) is 6.61 Å². The van der Waals surface area contributed by atoms with Crippen molar-refractivity contribution < 1.29 is 5.11 Å². The molecule has 16 heavy (non-hydrogen) atoms. The third-order valence-corrected chi connectivity index (χ3v) is 3.95. The summed E-state index contributed by atoms with van der Waals surface area (Å²) in [6.45, 7) is 4.70. The van der Waals surface area contributed by atoms with Crippen molar-refractivity contribution in [3.8, 4) is 0 Å². The van der Waals surface area contributed by atoms with E-state index in [2.05, 4.69) is 33.8 Å². The molecule has 1 aliphatic rings. The molecule has 0 amide bonds. The lowest BCUT2D eigenvalue weighted by molar-refractivity contribution is 0.282. The summed E-state index contributed by atoms with van der Waals surface area (Å²) in [5.74, 6) is 0.853. The molecule has 2 nitrogen and oxygen atoms in total. The van der Waals surface area contributed by atoms with Crippen LogP contribution < -0.4 is 4.90 Å². The summed E-state index contributed by atoms with van der Waals surface area (Å²) >= 11 is 3.59. The fourth-order valence-corrected chi connectivity index (χ4v) is 2.83. The van der Waals surface area contributed by atoms with Crippen molar-refractivity contribution in [3.05, 3.63) is 28.2 Å². The van der Waals surface area contributed by atoms with Crippen LogP contribution in [0.5, 0.6) is 0 Å². The van der Waals surface area contributed by atoms with E-state index in [1.54, 1.807) is 0 Å². The maximum atomic E-state index is 9.06. The minimum atomic E-state index is 0.107. The first-order valence-corrected chi connectivity index (χ1v) is 6.64. The highest BCUT2D eigenvalue weighted by Crippen LogP contribution is 2.30. The third kappa shape index (κ3) is 2.58. The first kappa shape index (κ1) is 11.9. The van der Waals surface area contributed by atoms with E-state index < -0.39 is 0 Å². The molecule has 1 aromatic rings. The summed E-state index contributed by atoms with van der Waals surface area (Å²) in [4.78, 5) is 2.42. The van der Waals surface area contributed by atoms with Crippen molar-refractivity contribution in [1.29, 1.82) is 0 Å². The van der Waals surface area contributed by atoms with Crippen molar-refractivity contribution in [1.82, 2.24) is 0 Å². The summed E-state index contributed by atoms with van der Waals surface area (Å²) in [7, 11) is 0. The van der Waals surface area contributed by atoms with Gasteiger partial charge in [-0.15, -0.1) is 0 Å². The Morgan fingerprint density at radius 1 is 1.38 bits per heavy atom. The predicted molar refractivity (Wildman–Crippen MR) is 70.7 cm³/mol. The van der Waals surface area contributed by atoms with Gasteiger partial charge in [-0.2, -0.15) is 0 Å². The van der Waals surface area contributed by atoms with E-state index in [4.69, 9.17) is 5.11 Å². The molecule has 3 heteroatoms. The molecular weight excluding hydrogens is 266 g/mol. The Bertz CT molecular complexity index is 359. The van der Waals surface area contributed by atoms with Crippen LogP contribution in [0.15, 0.2) is 22.7 Å². The molecule has 1 aromatic carbocycles. The van der Waals surface area contributed by atoms with Crippen molar-refractivity contribution in [2.24, 2.45) is 5.92 Å². The lowest BCUT2D eigenvalue weighted by Crippen LogP contribution is -2.32. The monoisotopic (exact) mass is 283 g/mol. The molecular formula is C13H18BrNO. The number of benzene rings is 1. The van der Waals surface area contributed by atoms with E-state index in [0.29, 0.717) is 0 Å². The number of halogens is 1. The second-order valence-electron chi connectivity index (χ2n) is 4.61. The largest absolute Gasteiger partial charge is 0.392 e. The lowest BCUT2D eigenvalue weighted by atomic mass is 9.99. The van der Waals surface area contributed by atoms with Crippen LogP contribution in [0.1, 0.15) is 25.3 Å². The minimum Gasteiger partial charge on any atom is -0.392 e. The fourth-order valence-electron chi connectivity index (χ4n) is 2.15. The number of hydrogen-bond donors (Lipinski definition) is 1. The molecule has 0 radical (unpaired) electrons. The van der Waals surface area contributed by atoms with Crippen molar-refractivity contribution in [3.63, 3.8) is 0 Å². The quantitative estimate of drug-likeness (QED) is 0.901. The Kier molecular flexibility index (Phi) is 3.87. The number of anilines is 1. The highest BCUT2D eigenvalue weighted by Gasteiger charge is 2.17. The van der Waals surface area contributed by atoms with Crippen LogP contribution in [-0.4, -0.2) is 18.2 Å². The van der Waals surface area contributed by atoms with Gasteiger partial charge in [-0.05, 0) is 52.4 Å². The van der Waals surface area contributed by atoms with Crippen LogP contribution in [0.25, 0.3) is 0 Å². The molecule has 0 spiro atoms. The Balaban J connectivity index is 2.14. The minimum absolute atomic E-state index is 0.107. The number of piperidine rings is 1.